The van der Waals surface area contributed by atoms with Crippen molar-refractivity contribution < 1.29 is 13.2 Å². The molecule has 1 aliphatic carbocycles. The van der Waals surface area contributed by atoms with Crippen molar-refractivity contribution in [2.24, 2.45) is 17.6 Å². The van der Waals surface area contributed by atoms with Crippen LogP contribution >= 0.6 is 0 Å². The third-order valence-corrected chi connectivity index (χ3v) is 7.36. The van der Waals surface area contributed by atoms with Gasteiger partial charge in [-0.05, 0) is 56.6 Å². The summed E-state index contributed by atoms with van der Waals surface area (Å²) in [5.41, 5.74) is 7.12. The average molecular weight is 394 g/mol. The maximum atomic E-state index is 12.6. The van der Waals surface area contributed by atoms with Gasteiger partial charge in [-0.1, -0.05) is 24.1 Å². The molecule has 0 spiro atoms. The summed E-state index contributed by atoms with van der Waals surface area (Å²) in [6.07, 6.45) is 5.55. The molecule has 0 radical (unpaired) electrons. The molecule has 27 heavy (non-hydrogen) atoms. The second-order valence-corrected chi connectivity index (χ2v) is 9.84. The molecule has 3 rings (SSSR count). The van der Waals surface area contributed by atoms with Gasteiger partial charge in [-0.15, -0.1) is 0 Å². The third-order valence-electron chi connectivity index (χ3n) is 5.92. The normalized spacial score (nSPS) is 26.3. The Bertz CT molecular complexity index is 748. The predicted molar refractivity (Wildman–Crippen MR) is 106 cm³/mol. The second-order valence-electron chi connectivity index (χ2n) is 8.07. The van der Waals surface area contributed by atoms with Crippen LogP contribution in [0.3, 0.4) is 0 Å². The highest BCUT2D eigenvalue weighted by atomic mass is 32.2. The number of nitrogens with zero attached hydrogens (tertiary/aromatic N) is 1. The van der Waals surface area contributed by atoms with Gasteiger partial charge in [0.1, 0.15) is 0 Å². The summed E-state index contributed by atoms with van der Waals surface area (Å²) in [6.45, 7) is 3.68. The summed E-state index contributed by atoms with van der Waals surface area (Å²) in [7, 11) is -3.51. The summed E-state index contributed by atoms with van der Waals surface area (Å²) in [5, 5.41) is 0. The zero-order valence-corrected chi connectivity index (χ0v) is 16.9. The largest absolute Gasteiger partial charge is 0.342 e. The van der Waals surface area contributed by atoms with Crippen molar-refractivity contribution in [3.8, 4) is 0 Å². The molecule has 7 heteroatoms. The summed E-state index contributed by atoms with van der Waals surface area (Å²) < 4.78 is 27.6. The van der Waals surface area contributed by atoms with Gasteiger partial charge >= 0.3 is 0 Å². The van der Waals surface area contributed by atoms with Crippen LogP contribution in [0, 0.1) is 18.8 Å². The van der Waals surface area contributed by atoms with Gasteiger partial charge in [-0.3, -0.25) is 4.79 Å². The molecule has 1 amide bonds. The van der Waals surface area contributed by atoms with Crippen molar-refractivity contribution in [2.45, 2.75) is 56.4 Å². The Balaban J connectivity index is 1.52. The minimum atomic E-state index is -3.51. The molecule has 150 valence electrons. The lowest BCUT2D eigenvalue weighted by Crippen LogP contribution is -2.44. The van der Waals surface area contributed by atoms with E-state index >= 15 is 0 Å². The monoisotopic (exact) mass is 393 g/mol. The lowest BCUT2D eigenvalue weighted by Gasteiger charge is -2.33. The molecular weight excluding hydrogens is 362 g/mol. The van der Waals surface area contributed by atoms with Gasteiger partial charge in [-0.25, -0.2) is 13.1 Å². The van der Waals surface area contributed by atoms with Crippen molar-refractivity contribution >= 4 is 15.9 Å². The molecule has 1 saturated heterocycles. The Morgan fingerprint density at radius 3 is 2.59 bits per heavy atom. The van der Waals surface area contributed by atoms with Crippen LogP contribution in [0.4, 0.5) is 0 Å². The third kappa shape index (κ3) is 5.30. The molecule has 1 aliphatic heterocycles. The summed E-state index contributed by atoms with van der Waals surface area (Å²) in [5.74, 6) is 0.626. The first-order chi connectivity index (χ1) is 12.8. The molecule has 2 fully saturated rings. The highest BCUT2D eigenvalue weighted by molar-refractivity contribution is 7.89. The zero-order chi connectivity index (χ0) is 19.4. The lowest BCUT2D eigenvalue weighted by molar-refractivity contribution is -0.134. The van der Waals surface area contributed by atoms with Crippen LogP contribution in [0.2, 0.25) is 0 Å². The first-order valence-electron chi connectivity index (χ1n) is 9.95. The number of nitrogens with one attached hydrogen (secondary N) is 1. The van der Waals surface area contributed by atoms with Crippen molar-refractivity contribution in [1.82, 2.24) is 9.62 Å². The number of piperidine rings is 1. The first-order valence-corrected chi connectivity index (χ1v) is 11.4. The van der Waals surface area contributed by atoms with Crippen LogP contribution < -0.4 is 10.5 Å². The van der Waals surface area contributed by atoms with E-state index in [1.54, 1.807) is 24.3 Å². The predicted octanol–water partition coefficient (Wildman–Crippen LogP) is 2.03. The van der Waals surface area contributed by atoms with E-state index in [4.69, 9.17) is 5.73 Å². The number of amides is 1. The smallest absolute Gasteiger partial charge is 0.240 e. The summed E-state index contributed by atoms with van der Waals surface area (Å²) in [6, 6.07) is 6.99. The number of carbonyl (C=O) groups is 1. The summed E-state index contributed by atoms with van der Waals surface area (Å²) in [4.78, 5) is 14.8. The van der Waals surface area contributed by atoms with Crippen LogP contribution in [0.5, 0.6) is 0 Å². The van der Waals surface area contributed by atoms with Crippen molar-refractivity contribution in [1.29, 1.82) is 0 Å². The Morgan fingerprint density at radius 2 is 1.93 bits per heavy atom. The van der Waals surface area contributed by atoms with E-state index in [0.29, 0.717) is 25.4 Å². The number of rotatable bonds is 6. The Kier molecular flexibility index (Phi) is 6.55. The van der Waals surface area contributed by atoms with Crippen molar-refractivity contribution in [3.05, 3.63) is 29.8 Å². The zero-order valence-electron chi connectivity index (χ0n) is 16.1. The number of carbonyl (C=O) groups excluding carboxylic acids is 1. The van der Waals surface area contributed by atoms with Crippen molar-refractivity contribution in [3.63, 3.8) is 0 Å². The Labute approximate surface area is 162 Å². The van der Waals surface area contributed by atoms with E-state index in [1.807, 2.05) is 11.8 Å². The van der Waals surface area contributed by atoms with Crippen LogP contribution in [-0.4, -0.2) is 44.9 Å². The quantitative estimate of drug-likeness (QED) is 0.773. The molecule has 1 saturated carbocycles. The number of nitrogens with two attached hydrogens (primary N) is 1. The molecular formula is C20H31N3O3S. The van der Waals surface area contributed by atoms with Crippen molar-refractivity contribution in [2.75, 3.05) is 19.6 Å². The number of hydrogen-bond acceptors (Lipinski definition) is 4. The Morgan fingerprint density at radius 1 is 1.19 bits per heavy atom. The number of aryl methyl sites for hydroxylation is 1. The van der Waals surface area contributed by atoms with Crippen LogP contribution in [0.15, 0.2) is 29.2 Å². The molecule has 1 aromatic carbocycles. The van der Waals surface area contributed by atoms with Gasteiger partial charge in [0.25, 0.3) is 0 Å². The van der Waals surface area contributed by atoms with E-state index < -0.39 is 10.0 Å². The molecule has 1 aromatic rings. The lowest BCUT2D eigenvalue weighted by atomic mass is 9.95. The number of hydrogen-bond donors (Lipinski definition) is 2. The molecule has 1 unspecified atom stereocenters. The van der Waals surface area contributed by atoms with Crippen LogP contribution in [0.25, 0.3) is 0 Å². The van der Waals surface area contributed by atoms with Gasteiger partial charge in [-0.2, -0.15) is 0 Å². The van der Waals surface area contributed by atoms with Crippen LogP contribution in [-0.2, 0) is 14.8 Å². The topological polar surface area (TPSA) is 92.5 Å². The van der Waals surface area contributed by atoms with Gasteiger partial charge < -0.3 is 10.6 Å². The molecule has 1 heterocycles. The Hall–Kier alpha value is -1.44. The fourth-order valence-corrected chi connectivity index (χ4v) is 5.28. The molecule has 0 aromatic heterocycles. The maximum absolute atomic E-state index is 12.6. The highest BCUT2D eigenvalue weighted by Gasteiger charge is 2.30. The number of benzene rings is 1. The van der Waals surface area contributed by atoms with Crippen LogP contribution in [0.1, 0.15) is 44.1 Å². The molecule has 3 N–H and O–H groups in total. The number of likely N-dealkylation sites (tertiary alicyclic amines) is 1. The van der Waals surface area contributed by atoms with Gasteiger partial charge in [0.05, 0.1) is 4.90 Å². The minimum absolute atomic E-state index is 0.149. The molecule has 2 aliphatic rings. The fourth-order valence-electron chi connectivity index (χ4n) is 4.16. The molecule has 6 nitrogen and oxygen atoms in total. The number of sulfonamides is 1. The van der Waals surface area contributed by atoms with Gasteiger partial charge in [0, 0.05) is 32.1 Å². The standard InChI is InChI=1S/C20H31N3O3S/c1-15-7-9-18(10-8-15)27(25,26)22-13-16-4-3-11-23(14-16)20(24)12-17-5-2-6-19(17)21/h7-10,16-17,19,22H,2-6,11-14,21H2,1H3/t16?,17-,19+/m0/s1. The minimum Gasteiger partial charge on any atom is -0.342 e. The van der Waals surface area contributed by atoms with Gasteiger partial charge in [0.2, 0.25) is 15.9 Å². The highest BCUT2D eigenvalue weighted by Crippen LogP contribution is 2.28. The van der Waals surface area contributed by atoms with E-state index in [1.165, 1.54) is 0 Å². The molecule has 3 atom stereocenters. The summed E-state index contributed by atoms with van der Waals surface area (Å²) >= 11 is 0. The second kappa shape index (κ2) is 8.71. The SMILES string of the molecule is Cc1ccc(S(=O)(=O)NCC2CCCN(C(=O)C[C@@H]3CCC[C@H]3N)C2)cc1. The molecule has 0 bridgehead atoms. The first kappa shape index (κ1) is 20.3. The van der Waals surface area contributed by atoms with E-state index in [-0.39, 0.29) is 22.8 Å². The maximum Gasteiger partial charge on any atom is 0.240 e. The average Bonchev–Trinajstić information content (AvgIpc) is 3.05. The fraction of sp³-hybridized carbons (Fsp3) is 0.650. The van der Waals surface area contributed by atoms with E-state index in [2.05, 4.69) is 4.72 Å². The van der Waals surface area contributed by atoms with E-state index in [0.717, 1.165) is 44.2 Å². The van der Waals surface area contributed by atoms with E-state index in [9.17, 15) is 13.2 Å². The van der Waals surface area contributed by atoms with Gasteiger partial charge in [0.15, 0.2) is 0 Å².